The highest BCUT2D eigenvalue weighted by molar-refractivity contribution is 5.84. The van der Waals surface area contributed by atoms with Gasteiger partial charge >= 0.3 is 5.97 Å². The lowest BCUT2D eigenvalue weighted by Gasteiger charge is -2.24. The molecule has 2 atom stereocenters. The van der Waals surface area contributed by atoms with Gasteiger partial charge in [-0.15, -0.1) is 0 Å². The van der Waals surface area contributed by atoms with Crippen LogP contribution in [0.15, 0.2) is 30.5 Å². The number of nitrogens with one attached hydrogen (secondary N) is 2. The number of fused-ring (bicyclic) bond motifs is 1. The summed E-state index contributed by atoms with van der Waals surface area (Å²) in [6, 6.07) is 8.06. The SMILES string of the molecule is CCC(CO)CC(CC(=O)OC(C)(C)C)C(=O)NCCc1c[nH]c2ccccc12. The normalized spacial score (nSPS) is 13.8. The molecule has 0 saturated carbocycles. The number of carbonyl (C=O) groups is 2. The van der Waals surface area contributed by atoms with Crippen molar-refractivity contribution in [2.24, 2.45) is 11.8 Å². The highest BCUT2D eigenvalue weighted by Gasteiger charge is 2.27. The number of esters is 1. The third-order valence-electron chi connectivity index (χ3n) is 5.03. The number of aliphatic hydroxyl groups is 1. The number of amides is 1. The number of benzene rings is 1. The molecular formula is C23H34N2O4. The van der Waals surface area contributed by atoms with Gasteiger partial charge in [-0.3, -0.25) is 9.59 Å². The number of aromatic amines is 1. The van der Waals surface area contributed by atoms with E-state index in [1.54, 1.807) is 0 Å². The number of carbonyl (C=O) groups excluding carboxylic acids is 2. The van der Waals surface area contributed by atoms with Crippen molar-refractivity contribution in [3.8, 4) is 0 Å². The summed E-state index contributed by atoms with van der Waals surface area (Å²) in [6.45, 7) is 7.89. The van der Waals surface area contributed by atoms with Crippen LogP contribution in [-0.4, -0.2) is 40.7 Å². The highest BCUT2D eigenvalue weighted by Crippen LogP contribution is 2.22. The molecule has 160 valence electrons. The van der Waals surface area contributed by atoms with Gasteiger partial charge in [0, 0.05) is 36.2 Å². The fraction of sp³-hybridized carbons (Fsp3) is 0.565. The van der Waals surface area contributed by atoms with Crippen molar-refractivity contribution in [1.82, 2.24) is 10.3 Å². The summed E-state index contributed by atoms with van der Waals surface area (Å²) in [7, 11) is 0. The molecule has 6 nitrogen and oxygen atoms in total. The molecule has 1 amide bonds. The van der Waals surface area contributed by atoms with E-state index in [1.807, 2.05) is 52.1 Å². The Labute approximate surface area is 173 Å². The Morgan fingerprint density at radius 2 is 1.97 bits per heavy atom. The van der Waals surface area contributed by atoms with Crippen LogP contribution in [0, 0.1) is 11.8 Å². The summed E-state index contributed by atoms with van der Waals surface area (Å²) < 4.78 is 5.39. The zero-order chi connectivity index (χ0) is 21.4. The van der Waals surface area contributed by atoms with Crippen molar-refractivity contribution in [1.29, 1.82) is 0 Å². The lowest BCUT2D eigenvalue weighted by atomic mass is 9.90. The number of hydrogen-bond donors (Lipinski definition) is 3. The number of aromatic nitrogens is 1. The highest BCUT2D eigenvalue weighted by atomic mass is 16.6. The minimum Gasteiger partial charge on any atom is -0.460 e. The molecule has 29 heavy (non-hydrogen) atoms. The number of ether oxygens (including phenoxy) is 1. The molecule has 0 aliphatic carbocycles. The Hall–Kier alpha value is -2.34. The molecule has 0 bridgehead atoms. The molecular weight excluding hydrogens is 368 g/mol. The first-order chi connectivity index (χ1) is 13.7. The molecule has 1 aromatic heterocycles. The van der Waals surface area contributed by atoms with Gasteiger partial charge in [-0.1, -0.05) is 31.5 Å². The van der Waals surface area contributed by atoms with Crippen LogP contribution < -0.4 is 5.32 Å². The Morgan fingerprint density at radius 3 is 2.62 bits per heavy atom. The standard InChI is InChI=1S/C23H34N2O4/c1-5-16(15-26)12-18(13-21(27)29-23(2,3)4)22(28)24-11-10-17-14-25-20-9-7-6-8-19(17)20/h6-9,14,16,18,25-26H,5,10-13,15H2,1-4H3,(H,24,28). The van der Waals surface area contributed by atoms with Gasteiger partial charge in [0.25, 0.3) is 0 Å². The van der Waals surface area contributed by atoms with Gasteiger partial charge in [-0.05, 0) is 51.2 Å². The Balaban J connectivity index is 1.97. The van der Waals surface area contributed by atoms with Crippen molar-refractivity contribution in [3.05, 3.63) is 36.0 Å². The second-order valence-electron chi connectivity index (χ2n) is 8.58. The minimum absolute atomic E-state index is 0.00391. The van der Waals surface area contributed by atoms with E-state index in [9.17, 15) is 14.7 Å². The number of hydrogen-bond acceptors (Lipinski definition) is 4. The fourth-order valence-corrected chi connectivity index (χ4v) is 3.44. The van der Waals surface area contributed by atoms with Crippen LogP contribution in [0.1, 0.15) is 52.5 Å². The van der Waals surface area contributed by atoms with Crippen LogP contribution in [0.3, 0.4) is 0 Å². The summed E-state index contributed by atoms with van der Waals surface area (Å²) in [5.41, 5.74) is 1.63. The number of H-pyrrole nitrogens is 1. The molecule has 2 unspecified atom stereocenters. The summed E-state index contributed by atoms with van der Waals surface area (Å²) in [4.78, 5) is 28.3. The maximum absolute atomic E-state index is 12.8. The first-order valence-corrected chi connectivity index (χ1v) is 10.4. The van der Waals surface area contributed by atoms with Crippen molar-refractivity contribution in [2.75, 3.05) is 13.2 Å². The first-order valence-electron chi connectivity index (χ1n) is 10.4. The minimum atomic E-state index is -0.589. The van der Waals surface area contributed by atoms with Crippen molar-refractivity contribution in [2.45, 2.75) is 59.0 Å². The van der Waals surface area contributed by atoms with Crippen molar-refractivity contribution >= 4 is 22.8 Å². The molecule has 0 fully saturated rings. The molecule has 2 aromatic rings. The van der Waals surface area contributed by atoms with Crippen LogP contribution >= 0.6 is 0 Å². The van der Waals surface area contributed by atoms with Gasteiger partial charge in [0.2, 0.25) is 5.91 Å². The summed E-state index contributed by atoms with van der Waals surface area (Å²) in [6.07, 6.45) is 3.90. The monoisotopic (exact) mass is 402 g/mol. The second-order valence-corrected chi connectivity index (χ2v) is 8.58. The van der Waals surface area contributed by atoms with Crippen LogP contribution in [0.4, 0.5) is 0 Å². The van der Waals surface area contributed by atoms with Crippen LogP contribution in [0.2, 0.25) is 0 Å². The van der Waals surface area contributed by atoms with E-state index in [1.165, 1.54) is 0 Å². The third-order valence-corrected chi connectivity index (χ3v) is 5.03. The predicted molar refractivity (Wildman–Crippen MR) is 114 cm³/mol. The summed E-state index contributed by atoms with van der Waals surface area (Å²) >= 11 is 0. The van der Waals surface area contributed by atoms with E-state index >= 15 is 0 Å². The summed E-state index contributed by atoms with van der Waals surface area (Å²) in [5, 5.41) is 13.6. The largest absolute Gasteiger partial charge is 0.460 e. The van der Waals surface area contributed by atoms with E-state index in [2.05, 4.69) is 16.4 Å². The average Bonchev–Trinajstić information content (AvgIpc) is 3.06. The maximum atomic E-state index is 12.8. The van der Waals surface area contributed by atoms with Gasteiger partial charge in [0.05, 0.1) is 6.42 Å². The zero-order valence-corrected chi connectivity index (χ0v) is 18.0. The summed E-state index contributed by atoms with van der Waals surface area (Å²) in [5.74, 6) is -1.07. The predicted octanol–water partition coefficient (Wildman–Crippen LogP) is 3.58. The lowest BCUT2D eigenvalue weighted by Crippen LogP contribution is -2.36. The molecule has 1 heterocycles. The quantitative estimate of drug-likeness (QED) is 0.530. The number of para-hydroxylation sites is 1. The third kappa shape index (κ3) is 7.20. The van der Waals surface area contributed by atoms with E-state index in [-0.39, 0.29) is 30.8 Å². The van der Waals surface area contributed by atoms with Gasteiger partial charge in [0.15, 0.2) is 0 Å². The van der Waals surface area contributed by atoms with E-state index < -0.39 is 11.5 Å². The van der Waals surface area contributed by atoms with Gasteiger partial charge < -0.3 is 20.1 Å². The van der Waals surface area contributed by atoms with Gasteiger partial charge in [-0.25, -0.2) is 0 Å². The lowest BCUT2D eigenvalue weighted by molar-refractivity contribution is -0.157. The second kappa shape index (κ2) is 10.4. The van der Waals surface area contributed by atoms with Gasteiger partial charge in [0.1, 0.15) is 5.60 Å². The molecule has 0 radical (unpaired) electrons. The zero-order valence-electron chi connectivity index (χ0n) is 18.0. The van der Waals surface area contributed by atoms with Crippen molar-refractivity contribution < 1.29 is 19.4 Å². The van der Waals surface area contributed by atoms with Crippen LogP contribution in [0.25, 0.3) is 10.9 Å². The average molecular weight is 403 g/mol. The number of rotatable bonds is 10. The molecule has 0 saturated heterocycles. The Bertz CT molecular complexity index is 803. The van der Waals surface area contributed by atoms with Crippen LogP contribution in [0.5, 0.6) is 0 Å². The first kappa shape index (κ1) is 22.9. The van der Waals surface area contributed by atoms with E-state index in [4.69, 9.17) is 4.74 Å². The van der Waals surface area contributed by atoms with Crippen LogP contribution in [-0.2, 0) is 20.7 Å². The van der Waals surface area contributed by atoms with Crippen molar-refractivity contribution in [3.63, 3.8) is 0 Å². The molecule has 0 aliphatic rings. The Kier molecular flexibility index (Phi) is 8.26. The molecule has 2 rings (SSSR count). The topological polar surface area (TPSA) is 91.4 Å². The molecule has 3 N–H and O–H groups in total. The Morgan fingerprint density at radius 1 is 1.24 bits per heavy atom. The van der Waals surface area contributed by atoms with E-state index in [0.29, 0.717) is 19.4 Å². The van der Waals surface area contributed by atoms with E-state index in [0.717, 1.165) is 22.9 Å². The molecule has 1 aromatic carbocycles. The molecule has 0 aliphatic heterocycles. The maximum Gasteiger partial charge on any atom is 0.307 e. The smallest absolute Gasteiger partial charge is 0.307 e. The molecule has 0 spiro atoms. The van der Waals surface area contributed by atoms with Gasteiger partial charge in [-0.2, -0.15) is 0 Å². The molecule has 6 heteroatoms. The fourth-order valence-electron chi connectivity index (χ4n) is 3.44. The number of aliphatic hydroxyl groups excluding tert-OH is 1.